The molecule has 0 aliphatic carbocycles. The van der Waals surface area contributed by atoms with Gasteiger partial charge in [0.05, 0.1) is 13.0 Å². The lowest BCUT2D eigenvalue weighted by atomic mass is 9.95. The van der Waals surface area contributed by atoms with E-state index < -0.39 is 0 Å². The first-order valence-electron chi connectivity index (χ1n) is 6.27. The zero-order valence-electron chi connectivity index (χ0n) is 11.7. The zero-order chi connectivity index (χ0) is 13.6. The monoisotopic (exact) mass is 249 g/mol. The first kappa shape index (κ1) is 14.7. The minimum atomic E-state index is -0.237. The summed E-state index contributed by atoms with van der Waals surface area (Å²) in [5.74, 6) is -0.429. The number of hydrogen-bond acceptors (Lipinski definition) is 3. The average Bonchev–Trinajstić information content (AvgIpc) is 2.33. The molecule has 100 valence electrons. The molecular weight excluding hydrogens is 226 g/mol. The summed E-state index contributed by atoms with van der Waals surface area (Å²) in [6.45, 7) is 7.96. The molecule has 0 bridgehead atoms. The third-order valence-electron chi connectivity index (χ3n) is 2.69. The summed E-state index contributed by atoms with van der Waals surface area (Å²) in [6.07, 6.45) is 0. The molecule has 1 unspecified atom stereocenters. The maximum Gasteiger partial charge on any atom is 0.314 e. The van der Waals surface area contributed by atoms with Crippen LogP contribution in [0.5, 0.6) is 0 Å². The standard InChI is InChI=1S/C15H23NO2/c1-15(2,3)11-16-10-13(14(17)18-4)12-8-6-5-7-9-12/h5-9,13,16H,10-11H2,1-4H3. The lowest BCUT2D eigenvalue weighted by molar-refractivity contribution is -0.142. The number of ether oxygens (including phenoxy) is 1. The molecule has 3 heteroatoms. The molecule has 0 amide bonds. The Kier molecular flexibility index (Phi) is 5.35. The summed E-state index contributed by atoms with van der Waals surface area (Å²) in [7, 11) is 1.43. The summed E-state index contributed by atoms with van der Waals surface area (Å²) < 4.78 is 4.87. The number of carbonyl (C=O) groups excluding carboxylic acids is 1. The van der Waals surface area contributed by atoms with Gasteiger partial charge in [-0.2, -0.15) is 0 Å². The van der Waals surface area contributed by atoms with Gasteiger partial charge in [-0.05, 0) is 11.0 Å². The highest BCUT2D eigenvalue weighted by Crippen LogP contribution is 2.17. The summed E-state index contributed by atoms with van der Waals surface area (Å²) in [5.41, 5.74) is 1.20. The van der Waals surface area contributed by atoms with Crippen LogP contribution in [0.15, 0.2) is 30.3 Å². The fraction of sp³-hybridized carbons (Fsp3) is 0.533. The van der Waals surface area contributed by atoms with E-state index in [-0.39, 0.29) is 17.3 Å². The molecular formula is C15H23NO2. The predicted octanol–water partition coefficient (Wildman–Crippen LogP) is 2.58. The molecule has 0 spiro atoms. The molecule has 0 heterocycles. The molecule has 0 aromatic heterocycles. The van der Waals surface area contributed by atoms with Crippen LogP contribution in [-0.2, 0) is 9.53 Å². The third kappa shape index (κ3) is 4.88. The Bertz CT molecular complexity index is 368. The van der Waals surface area contributed by atoms with E-state index in [1.807, 2.05) is 30.3 Å². The van der Waals surface area contributed by atoms with Crippen molar-refractivity contribution in [3.63, 3.8) is 0 Å². The molecule has 0 radical (unpaired) electrons. The van der Waals surface area contributed by atoms with Gasteiger partial charge in [0.1, 0.15) is 0 Å². The van der Waals surface area contributed by atoms with Crippen LogP contribution in [0.2, 0.25) is 0 Å². The Balaban J connectivity index is 2.66. The zero-order valence-corrected chi connectivity index (χ0v) is 11.7. The van der Waals surface area contributed by atoms with Gasteiger partial charge in [0.25, 0.3) is 0 Å². The second-order valence-corrected chi connectivity index (χ2v) is 5.68. The Labute approximate surface area is 110 Å². The van der Waals surface area contributed by atoms with Crippen molar-refractivity contribution in [2.75, 3.05) is 20.2 Å². The Hall–Kier alpha value is -1.35. The number of carbonyl (C=O) groups is 1. The SMILES string of the molecule is COC(=O)C(CNCC(C)(C)C)c1ccccc1. The molecule has 18 heavy (non-hydrogen) atoms. The van der Waals surface area contributed by atoms with E-state index in [1.165, 1.54) is 7.11 Å². The number of esters is 1. The van der Waals surface area contributed by atoms with Crippen molar-refractivity contribution >= 4 is 5.97 Å². The fourth-order valence-corrected chi connectivity index (χ4v) is 1.76. The topological polar surface area (TPSA) is 38.3 Å². The highest BCUT2D eigenvalue weighted by molar-refractivity contribution is 5.78. The predicted molar refractivity (Wildman–Crippen MR) is 73.5 cm³/mol. The third-order valence-corrected chi connectivity index (χ3v) is 2.69. The maximum atomic E-state index is 11.8. The van der Waals surface area contributed by atoms with E-state index >= 15 is 0 Å². The first-order chi connectivity index (χ1) is 8.44. The molecule has 1 aromatic carbocycles. The van der Waals surface area contributed by atoms with Crippen molar-refractivity contribution in [3.05, 3.63) is 35.9 Å². The lowest BCUT2D eigenvalue weighted by Crippen LogP contribution is -2.33. The average molecular weight is 249 g/mol. The number of methoxy groups -OCH3 is 1. The molecule has 0 saturated heterocycles. The Morgan fingerprint density at radius 3 is 2.39 bits per heavy atom. The summed E-state index contributed by atoms with van der Waals surface area (Å²) in [4.78, 5) is 11.8. The molecule has 0 aliphatic rings. The van der Waals surface area contributed by atoms with Crippen molar-refractivity contribution < 1.29 is 9.53 Å². The minimum Gasteiger partial charge on any atom is -0.469 e. The molecule has 0 saturated carbocycles. The van der Waals surface area contributed by atoms with E-state index in [0.29, 0.717) is 6.54 Å². The molecule has 1 atom stereocenters. The maximum absolute atomic E-state index is 11.8. The van der Waals surface area contributed by atoms with E-state index in [0.717, 1.165) is 12.1 Å². The van der Waals surface area contributed by atoms with E-state index in [2.05, 4.69) is 26.1 Å². The van der Waals surface area contributed by atoms with Crippen LogP contribution < -0.4 is 5.32 Å². The second-order valence-electron chi connectivity index (χ2n) is 5.68. The van der Waals surface area contributed by atoms with Crippen LogP contribution >= 0.6 is 0 Å². The number of hydrogen-bond donors (Lipinski definition) is 1. The van der Waals surface area contributed by atoms with Crippen LogP contribution in [0.1, 0.15) is 32.3 Å². The largest absolute Gasteiger partial charge is 0.469 e. The van der Waals surface area contributed by atoms with Gasteiger partial charge in [0.2, 0.25) is 0 Å². The molecule has 0 fully saturated rings. The van der Waals surface area contributed by atoms with E-state index in [9.17, 15) is 4.79 Å². The number of nitrogens with one attached hydrogen (secondary N) is 1. The highest BCUT2D eigenvalue weighted by atomic mass is 16.5. The van der Waals surface area contributed by atoms with Gasteiger partial charge in [-0.15, -0.1) is 0 Å². The van der Waals surface area contributed by atoms with Crippen molar-refractivity contribution in [1.82, 2.24) is 5.32 Å². The number of rotatable bonds is 5. The van der Waals surface area contributed by atoms with Crippen molar-refractivity contribution in [1.29, 1.82) is 0 Å². The van der Waals surface area contributed by atoms with Gasteiger partial charge in [-0.3, -0.25) is 4.79 Å². The normalized spacial score (nSPS) is 13.1. The van der Waals surface area contributed by atoms with Crippen LogP contribution in [0.3, 0.4) is 0 Å². The molecule has 0 aliphatic heterocycles. The van der Waals surface area contributed by atoms with Gasteiger partial charge in [0.15, 0.2) is 0 Å². The fourth-order valence-electron chi connectivity index (χ4n) is 1.76. The van der Waals surface area contributed by atoms with E-state index in [4.69, 9.17) is 4.74 Å². The quantitative estimate of drug-likeness (QED) is 0.815. The number of benzene rings is 1. The van der Waals surface area contributed by atoms with Gasteiger partial charge in [0, 0.05) is 13.1 Å². The van der Waals surface area contributed by atoms with Gasteiger partial charge >= 0.3 is 5.97 Å². The molecule has 3 nitrogen and oxygen atoms in total. The van der Waals surface area contributed by atoms with Crippen LogP contribution in [0.25, 0.3) is 0 Å². The molecule has 1 N–H and O–H groups in total. The molecule has 1 aromatic rings. The van der Waals surface area contributed by atoms with Crippen LogP contribution in [0.4, 0.5) is 0 Å². The van der Waals surface area contributed by atoms with Crippen molar-refractivity contribution in [2.24, 2.45) is 5.41 Å². The van der Waals surface area contributed by atoms with Gasteiger partial charge in [-0.1, -0.05) is 51.1 Å². The van der Waals surface area contributed by atoms with Crippen molar-refractivity contribution in [2.45, 2.75) is 26.7 Å². The van der Waals surface area contributed by atoms with Gasteiger partial charge < -0.3 is 10.1 Å². The minimum absolute atomic E-state index is 0.192. The van der Waals surface area contributed by atoms with Crippen LogP contribution in [-0.4, -0.2) is 26.2 Å². The summed E-state index contributed by atoms with van der Waals surface area (Å²) in [5, 5.41) is 3.34. The summed E-state index contributed by atoms with van der Waals surface area (Å²) in [6, 6.07) is 9.74. The first-order valence-corrected chi connectivity index (χ1v) is 6.27. The van der Waals surface area contributed by atoms with Crippen molar-refractivity contribution in [3.8, 4) is 0 Å². The Morgan fingerprint density at radius 2 is 1.89 bits per heavy atom. The summed E-state index contributed by atoms with van der Waals surface area (Å²) >= 11 is 0. The second kappa shape index (κ2) is 6.55. The Morgan fingerprint density at radius 1 is 1.28 bits per heavy atom. The van der Waals surface area contributed by atoms with E-state index in [1.54, 1.807) is 0 Å². The molecule has 1 rings (SSSR count). The smallest absolute Gasteiger partial charge is 0.314 e. The van der Waals surface area contributed by atoms with Crippen LogP contribution in [0, 0.1) is 5.41 Å². The lowest BCUT2D eigenvalue weighted by Gasteiger charge is -2.21. The highest BCUT2D eigenvalue weighted by Gasteiger charge is 2.21. The van der Waals surface area contributed by atoms with Gasteiger partial charge in [-0.25, -0.2) is 0 Å².